The highest BCUT2D eigenvalue weighted by Gasteiger charge is 2.34. The quantitative estimate of drug-likeness (QED) is 0.910. The molecule has 1 aliphatic rings. The molecule has 1 aromatic rings. The molecule has 1 fully saturated rings. The van der Waals surface area contributed by atoms with Crippen LogP contribution in [0.4, 0.5) is 0 Å². The lowest BCUT2D eigenvalue weighted by atomic mass is 10.1. The minimum atomic E-state index is -3.68. The first-order valence-electron chi connectivity index (χ1n) is 5.79. The van der Waals surface area contributed by atoms with Crippen LogP contribution in [0.3, 0.4) is 0 Å². The van der Waals surface area contributed by atoms with E-state index in [0.717, 1.165) is 12.8 Å². The first-order chi connectivity index (χ1) is 8.57. The predicted molar refractivity (Wildman–Crippen MR) is 67.9 cm³/mol. The Hall–Kier alpha value is -0.690. The van der Waals surface area contributed by atoms with Crippen molar-refractivity contribution in [2.75, 3.05) is 13.2 Å². The van der Waals surface area contributed by atoms with E-state index in [1.54, 1.807) is 0 Å². The zero-order chi connectivity index (χ0) is 13.2. The van der Waals surface area contributed by atoms with Crippen molar-refractivity contribution in [2.24, 2.45) is 0 Å². The highest BCUT2D eigenvalue weighted by Crippen LogP contribution is 2.28. The molecule has 0 bridgehead atoms. The van der Waals surface area contributed by atoms with E-state index in [0.29, 0.717) is 13.0 Å². The number of halogens is 1. The minimum Gasteiger partial charge on any atom is -0.395 e. The fourth-order valence-electron chi connectivity index (χ4n) is 2.15. The summed E-state index contributed by atoms with van der Waals surface area (Å²) in [6.45, 7) is 0.246. The second-order valence-electron chi connectivity index (χ2n) is 4.25. The Morgan fingerprint density at radius 3 is 2.94 bits per heavy atom. The fourth-order valence-corrected chi connectivity index (χ4v) is 4.24. The standard InChI is InChI=1S/C11H15ClN2O3S/c12-10-4-5-13-7-11(10)18(16,17)14-6-2-1-3-9(14)8-15/h4-5,7,9,15H,1-3,6,8H2. The highest BCUT2D eigenvalue weighted by molar-refractivity contribution is 7.89. The average molecular weight is 291 g/mol. The molecule has 0 spiro atoms. The Morgan fingerprint density at radius 2 is 2.28 bits per heavy atom. The summed E-state index contributed by atoms with van der Waals surface area (Å²) in [6, 6.07) is 1.09. The Kier molecular flexibility index (Phi) is 4.21. The van der Waals surface area contributed by atoms with E-state index in [9.17, 15) is 13.5 Å². The first kappa shape index (κ1) is 13.7. The van der Waals surface area contributed by atoms with Gasteiger partial charge < -0.3 is 5.11 Å². The molecule has 1 aromatic heterocycles. The lowest BCUT2D eigenvalue weighted by Crippen LogP contribution is -2.45. The van der Waals surface area contributed by atoms with Crippen LogP contribution in [0.2, 0.25) is 5.02 Å². The van der Waals surface area contributed by atoms with E-state index in [1.807, 2.05) is 0 Å². The SMILES string of the molecule is O=S(=O)(c1cnccc1Cl)N1CCCCC1CO. The van der Waals surface area contributed by atoms with Crippen molar-refractivity contribution in [3.05, 3.63) is 23.5 Å². The molecule has 0 radical (unpaired) electrons. The lowest BCUT2D eigenvalue weighted by molar-refractivity contribution is 0.155. The Morgan fingerprint density at radius 1 is 1.50 bits per heavy atom. The number of hydrogen-bond acceptors (Lipinski definition) is 4. The van der Waals surface area contributed by atoms with E-state index in [4.69, 9.17) is 11.6 Å². The summed E-state index contributed by atoms with van der Waals surface area (Å²) < 4.78 is 26.3. The topological polar surface area (TPSA) is 70.5 Å². The second-order valence-corrected chi connectivity index (χ2v) is 6.52. The number of pyridine rings is 1. The van der Waals surface area contributed by atoms with Gasteiger partial charge in [0, 0.05) is 25.0 Å². The second kappa shape index (κ2) is 5.52. The molecular formula is C11H15ClN2O3S. The third kappa shape index (κ3) is 2.51. The molecule has 5 nitrogen and oxygen atoms in total. The summed E-state index contributed by atoms with van der Waals surface area (Å²) in [7, 11) is -3.68. The van der Waals surface area contributed by atoms with Gasteiger partial charge in [-0.2, -0.15) is 4.31 Å². The van der Waals surface area contributed by atoms with Crippen molar-refractivity contribution < 1.29 is 13.5 Å². The van der Waals surface area contributed by atoms with E-state index in [1.165, 1.54) is 22.8 Å². The van der Waals surface area contributed by atoms with Crippen molar-refractivity contribution in [1.82, 2.24) is 9.29 Å². The van der Waals surface area contributed by atoms with Crippen LogP contribution in [0.15, 0.2) is 23.4 Å². The van der Waals surface area contributed by atoms with Gasteiger partial charge >= 0.3 is 0 Å². The van der Waals surface area contributed by atoms with Gasteiger partial charge in [0.2, 0.25) is 10.0 Å². The Labute approximate surface area is 111 Å². The monoisotopic (exact) mass is 290 g/mol. The normalized spacial score (nSPS) is 22.0. The molecule has 1 atom stereocenters. The van der Waals surface area contributed by atoms with E-state index < -0.39 is 10.0 Å². The smallest absolute Gasteiger partial charge is 0.246 e. The summed E-state index contributed by atoms with van der Waals surface area (Å²) in [6.07, 6.45) is 5.10. The third-order valence-corrected chi connectivity index (χ3v) is 5.53. The van der Waals surface area contributed by atoms with Crippen LogP contribution in [-0.4, -0.2) is 42.0 Å². The van der Waals surface area contributed by atoms with Gasteiger partial charge in [-0.25, -0.2) is 8.42 Å². The van der Waals surface area contributed by atoms with E-state index in [-0.39, 0.29) is 22.6 Å². The largest absolute Gasteiger partial charge is 0.395 e. The van der Waals surface area contributed by atoms with E-state index >= 15 is 0 Å². The lowest BCUT2D eigenvalue weighted by Gasteiger charge is -2.33. The van der Waals surface area contributed by atoms with Gasteiger partial charge in [0.1, 0.15) is 4.90 Å². The summed E-state index contributed by atoms with van der Waals surface area (Å²) in [5.41, 5.74) is 0. The highest BCUT2D eigenvalue weighted by atomic mass is 35.5. The minimum absolute atomic E-state index is 0.00650. The van der Waals surface area contributed by atoms with Gasteiger partial charge in [0.25, 0.3) is 0 Å². The number of aliphatic hydroxyl groups is 1. The molecule has 7 heteroatoms. The average Bonchev–Trinajstić information content (AvgIpc) is 2.39. The van der Waals surface area contributed by atoms with Gasteiger partial charge in [-0.3, -0.25) is 4.98 Å². The summed E-state index contributed by atoms with van der Waals surface area (Å²) in [4.78, 5) is 3.81. The molecule has 1 aliphatic heterocycles. The molecule has 100 valence electrons. The van der Waals surface area contributed by atoms with Crippen LogP contribution < -0.4 is 0 Å². The molecule has 18 heavy (non-hydrogen) atoms. The molecule has 0 amide bonds. The maximum Gasteiger partial charge on any atom is 0.246 e. The van der Waals surface area contributed by atoms with Crippen LogP contribution in [0.1, 0.15) is 19.3 Å². The molecule has 1 N–H and O–H groups in total. The van der Waals surface area contributed by atoms with Crippen LogP contribution in [0, 0.1) is 0 Å². The number of rotatable bonds is 3. The van der Waals surface area contributed by atoms with Crippen LogP contribution >= 0.6 is 11.6 Å². The van der Waals surface area contributed by atoms with E-state index in [2.05, 4.69) is 4.98 Å². The third-order valence-electron chi connectivity index (χ3n) is 3.10. The van der Waals surface area contributed by atoms with Crippen molar-refractivity contribution in [3.8, 4) is 0 Å². The molecular weight excluding hydrogens is 276 g/mol. The van der Waals surface area contributed by atoms with Gasteiger partial charge in [-0.15, -0.1) is 0 Å². The van der Waals surface area contributed by atoms with Crippen LogP contribution in [0.5, 0.6) is 0 Å². The molecule has 0 aromatic carbocycles. The summed E-state index contributed by atoms with van der Waals surface area (Å²) in [5.74, 6) is 0. The van der Waals surface area contributed by atoms with Crippen molar-refractivity contribution in [1.29, 1.82) is 0 Å². The Balaban J connectivity index is 2.39. The first-order valence-corrected chi connectivity index (χ1v) is 7.61. The maximum absolute atomic E-state index is 12.5. The van der Waals surface area contributed by atoms with Gasteiger partial charge in [-0.1, -0.05) is 18.0 Å². The molecule has 0 aliphatic carbocycles. The molecule has 1 saturated heterocycles. The van der Waals surface area contributed by atoms with Crippen molar-refractivity contribution >= 4 is 21.6 Å². The van der Waals surface area contributed by atoms with Crippen LogP contribution in [0.25, 0.3) is 0 Å². The predicted octanol–water partition coefficient (Wildman–Crippen LogP) is 1.27. The summed E-state index contributed by atoms with van der Waals surface area (Å²) in [5, 5.41) is 9.45. The van der Waals surface area contributed by atoms with Gasteiger partial charge in [-0.05, 0) is 18.9 Å². The number of nitrogens with zero attached hydrogens (tertiary/aromatic N) is 2. The molecule has 2 heterocycles. The fraction of sp³-hybridized carbons (Fsp3) is 0.545. The zero-order valence-electron chi connectivity index (χ0n) is 9.79. The van der Waals surface area contributed by atoms with Crippen molar-refractivity contribution in [2.45, 2.75) is 30.2 Å². The number of aliphatic hydroxyl groups excluding tert-OH is 1. The number of aromatic nitrogens is 1. The number of piperidine rings is 1. The molecule has 2 rings (SSSR count). The number of sulfonamides is 1. The Bertz CT molecular complexity index is 521. The van der Waals surface area contributed by atoms with Gasteiger partial charge in [0.15, 0.2) is 0 Å². The number of hydrogen-bond donors (Lipinski definition) is 1. The maximum atomic E-state index is 12.5. The van der Waals surface area contributed by atoms with Crippen LogP contribution in [-0.2, 0) is 10.0 Å². The zero-order valence-corrected chi connectivity index (χ0v) is 11.4. The van der Waals surface area contributed by atoms with Gasteiger partial charge in [0.05, 0.1) is 11.6 Å². The molecule has 1 unspecified atom stereocenters. The molecule has 0 saturated carbocycles. The van der Waals surface area contributed by atoms with Crippen molar-refractivity contribution in [3.63, 3.8) is 0 Å². The summed E-state index contributed by atoms with van der Waals surface area (Å²) >= 11 is 5.91.